The molecule has 0 radical (unpaired) electrons. The van der Waals surface area contributed by atoms with Crippen molar-refractivity contribution < 1.29 is 13.6 Å². The van der Waals surface area contributed by atoms with E-state index in [1.807, 2.05) is 25.1 Å². The van der Waals surface area contributed by atoms with Gasteiger partial charge in [0.15, 0.2) is 11.6 Å². The summed E-state index contributed by atoms with van der Waals surface area (Å²) in [5.74, 6) is -2.19. The van der Waals surface area contributed by atoms with E-state index in [-0.39, 0.29) is 18.0 Å². The van der Waals surface area contributed by atoms with Gasteiger partial charge in [-0.1, -0.05) is 15.9 Å². The normalized spacial score (nSPS) is 10.4. The van der Waals surface area contributed by atoms with Gasteiger partial charge in [0, 0.05) is 34.9 Å². The summed E-state index contributed by atoms with van der Waals surface area (Å²) >= 11 is 3.39. The molecular weight excluding hydrogens is 354 g/mol. The highest BCUT2D eigenvalue weighted by Crippen LogP contribution is 2.20. The molecule has 0 aliphatic heterocycles. The van der Waals surface area contributed by atoms with Crippen LogP contribution in [0.15, 0.2) is 40.9 Å². The number of halogens is 3. The summed E-state index contributed by atoms with van der Waals surface area (Å²) in [7, 11) is 0. The zero-order chi connectivity index (χ0) is 16.1. The van der Waals surface area contributed by atoms with Crippen LogP contribution in [0.25, 0.3) is 0 Å². The van der Waals surface area contributed by atoms with Crippen molar-refractivity contribution in [3.05, 3.63) is 58.1 Å². The summed E-state index contributed by atoms with van der Waals surface area (Å²) in [5.41, 5.74) is 2.25. The predicted molar refractivity (Wildman–Crippen MR) is 87.0 cm³/mol. The number of carbonyl (C=O) groups is 1. The summed E-state index contributed by atoms with van der Waals surface area (Å²) < 4.78 is 26.8. The third-order valence-corrected chi connectivity index (χ3v) is 3.55. The maximum Gasteiger partial charge on any atom is 0.226 e. The first kappa shape index (κ1) is 16.4. The van der Waals surface area contributed by atoms with Gasteiger partial charge in [-0.15, -0.1) is 0 Å². The smallest absolute Gasteiger partial charge is 0.226 e. The Morgan fingerprint density at radius 2 is 1.91 bits per heavy atom. The Hall–Kier alpha value is -1.95. The average molecular weight is 369 g/mol. The van der Waals surface area contributed by atoms with Crippen LogP contribution in [0.2, 0.25) is 0 Å². The molecule has 2 aromatic carbocycles. The topological polar surface area (TPSA) is 41.1 Å². The number of benzene rings is 2. The molecule has 0 aliphatic carbocycles. The monoisotopic (exact) mass is 368 g/mol. The van der Waals surface area contributed by atoms with E-state index in [9.17, 15) is 13.6 Å². The van der Waals surface area contributed by atoms with Crippen LogP contribution in [0.5, 0.6) is 0 Å². The van der Waals surface area contributed by atoms with E-state index in [0.717, 1.165) is 27.9 Å². The highest BCUT2D eigenvalue weighted by molar-refractivity contribution is 9.10. The van der Waals surface area contributed by atoms with Crippen molar-refractivity contribution in [2.45, 2.75) is 13.3 Å². The first-order valence-corrected chi connectivity index (χ1v) is 7.50. The third kappa shape index (κ3) is 4.53. The number of anilines is 2. The van der Waals surface area contributed by atoms with E-state index in [1.54, 1.807) is 0 Å². The maximum absolute atomic E-state index is 13.0. The van der Waals surface area contributed by atoms with Gasteiger partial charge in [0.05, 0.1) is 0 Å². The second-order valence-corrected chi connectivity index (χ2v) is 5.73. The van der Waals surface area contributed by atoms with Crippen molar-refractivity contribution in [1.82, 2.24) is 0 Å². The lowest BCUT2D eigenvalue weighted by Crippen LogP contribution is -2.16. The van der Waals surface area contributed by atoms with Crippen LogP contribution in [0, 0.1) is 18.6 Å². The van der Waals surface area contributed by atoms with Crippen LogP contribution in [0.4, 0.5) is 20.2 Å². The van der Waals surface area contributed by atoms with Gasteiger partial charge >= 0.3 is 0 Å². The van der Waals surface area contributed by atoms with Gasteiger partial charge in [0.1, 0.15) is 0 Å². The van der Waals surface area contributed by atoms with Crippen LogP contribution in [-0.2, 0) is 4.79 Å². The molecule has 0 unspecified atom stereocenters. The zero-order valence-electron chi connectivity index (χ0n) is 11.9. The summed E-state index contributed by atoms with van der Waals surface area (Å²) in [5, 5.41) is 5.69. The minimum atomic E-state index is -0.985. The largest absolute Gasteiger partial charge is 0.384 e. The molecule has 0 aromatic heterocycles. The number of aryl methyl sites for hydroxylation is 1. The minimum absolute atomic E-state index is 0.217. The zero-order valence-corrected chi connectivity index (χ0v) is 13.5. The van der Waals surface area contributed by atoms with Crippen molar-refractivity contribution in [1.29, 1.82) is 0 Å². The Morgan fingerprint density at radius 3 is 2.59 bits per heavy atom. The fourth-order valence-electron chi connectivity index (χ4n) is 1.93. The van der Waals surface area contributed by atoms with Crippen molar-refractivity contribution in [2.75, 3.05) is 17.2 Å². The molecule has 6 heteroatoms. The van der Waals surface area contributed by atoms with Crippen molar-refractivity contribution >= 4 is 33.2 Å². The van der Waals surface area contributed by atoms with Gasteiger partial charge in [0.2, 0.25) is 5.91 Å². The highest BCUT2D eigenvalue weighted by Gasteiger charge is 2.06. The molecule has 3 nitrogen and oxygen atoms in total. The summed E-state index contributed by atoms with van der Waals surface area (Å²) in [6.45, 7) is 2.41. The standard InChI is InChI=1S/C16H15BrF2N2O/c1-10-8-11(17)2-5-15(10)20-7-6-16(22)21-12-3-4-13(18)14(19)9-12/h2-5,8-9,20H,6-7H2,1H3,(H,21,22). The van der Waals surface area contributed by atoms with E-state index >= 15 is 0 Å². The number of amides is 1. The third-order valence-electron chi connectivity index (χ3n) is 3.06. The molecule has 0 aliphatic rings. The maximum atomic E-state index is 13.0. The SMILES string of the molecule is Cc1cc(Br)ccc1NCCC(=O)Nc1ccc(F)c(F)c1. The van der Waals surface area contributed by atoms with Gasteiger partial charge in [-0.25, -0.2) is 8.78 Å². The number of rotatable bonds is 5. The molecule has 2 N–H and O–H groups in total. The van der Waals surface area contributed by atoms with Crippen LogP contribution in [0.3, 0.4) is 0 Å². The van der Waals surface area contributed by atoms with Gasteiger partial charge in [0.25, 0.3) is 0 Å². The number of hydrogen-bond acceptors (Lipinski definition) is 2. The number of nitrogens with one attached hydrogen (secondary N) is 2. The van der Waals surface area contributed by atoms with Crippen molar-refractivity contribution in [3.8, 4) is 0 Å². The molecule has 0 saturated carbocycles. The molecular formula is C16H15BrF2N2O. The molecule has 0 atom stereocenters. The lowest BCUT2D eigenvalue weighted by Gasteiger charge is -2.10. The van der Waals surface area contributed by atoms with Crippen LogP contribution in [0.1, 0.15) is 12.0 Å². The van der Waals surface area contributed by atoms with Gasteiger partial charge in [-0.05, 0) is 42.8 Å². The minimum Gasteiger partial charge on any atom is -0.384 e. The molecule has 22 heavy (non-hydrogen) atoms. The first-order chi connectivity index (χ1) is 10.5. The molecule has 0 heterocycles. The molecule has 1 amide bonds. The van der Waals surface area contributed by atoms with Gasteiger partial charge in [-0.3, -0.25) is 4.79 Å². The first-order valence-electron chi connectivity index (χ1n) is 6.70. The predicted octanol–water partition coefficient (Wildman–Crippen LogP) is 4.48. The van der Waals surface area contributed by atoms with Gasteiger partial charge < -0.3 is 10.6 Å². The van der Waals surface area contributed by atoms with Crippen LogP contribution < -0.4 is 10.6 Å². The fourth-order valence-corrected chi connectivity index (χ4v) is 2.41. The van der Waals surface area contributed by atoms with E-state index in [1.165, 1.54) is 6.07 Å². The summed E-state index contributed by atoms with van der Waals surface area (Å²) in [6.07, 6.45) is 0.217. The molecule has 0 fully saturated rings. The molecule has 0 bridgehead atoms. The summed E-state index contributed by atoms with van der Waals surface area (Å²) in [6, 6.07) is 9.07. The molecule has 0 saturated heterocycles. The van der Waals surface area contributed by atoms with Crippen LogP contribution >= 0.6 is 15.9 Å². The molecule has 0 spiro atoms. The number of carbonyl (C=O) groups excluding carboxylic acids is 1. The Kier molecular flexibility index (Phi) is 5.49. The summed E-state index contributed by atoms with van der Waals surface area (Å²) in [4.78, 5) is 11.8. The molecule has 2 aromatic rings. The van der Waals surface area contributed by atoms with Crippen molar-refractivity contribution in [2.24, 2.45) is 0 Å². The quantitative estimate of drug-likeness (QED) is 0.816. The lowest BCUT2D eigenvalue weighted by atomic mass is 10.2. The van der Waals surface area contributed by atoms with E-state index < -0.39 is 11.6 Å². The molecule has 116 valence electrons. The van der Waals surface area contributed by atoms with E-state index in [2.05, 4.69) is 26.6 Å². The fraction of sp³-hybridized carbons (Fsp3) is 0.188. The van der Waals surface area contributed by atoms with E-state index in [0.29, 0.717) is 6.54 Å². The van der Waals surface area contributed by atoms with E-state index in [4.69, 9.17) is 0 Å². The Morgan fingerprint density at radius 1 is 1.14 bits per heavy atom. The Bertz CT molecular complexity index is 692. The number of hydrogen-bond donors (Lipinski definition) is 2. The second kappa shape index (κ2) is 7.35. The Balaban J connectivity index is 1.83. The molecule has 2 rings (SSSR count). The highest BCUT2D eigenvalue weighted by atomic mass is 79.9. The van der Waals surface area contributed by atoms with Crippen molar-refractivity contribution in [3.63, 3.8) is 0 Å². The lowest BCUT2D eigenvalue weighted by molar-refractivity contribution is -0.115. The Labute approximate surface area is 135 Å². The van der Waals surface area contributed by atoms with Gasteiger partial charge in [-0.2, -0.15) is 0 Å². The average Bonchev–Trinajstić information content (AvgIpc) is 2.45. The van der Waals surface area contributed by atoms with Crippen LogP contribution in [-0.4, -0.2) is 12.5 Å². The second-order valence-electron chi connectivity index (χ2n) is 4.81.